The van der Waals surface area contributed by atoms with Crippen LogP contribution in [0.5, 0.6) is 0 Å². The monoisotopic (exact) mass is 213 g/mol. The molecule has 0 aliphatic heterocycles. The molecule has 0 amide bonds. The van der Waals surface area contributed by atoms with E-state index in [4.69, 9.17) is 5.11 Å². The Hall–Kier alpha value is -0.570. The van der Waals surface area contributed by atoms with Crippen LogP contribution in [-0.2, 0) is 4.79 Å². The molecular formula is C12H23NO2. The van der Waals surface area contributed by atoms with Gasteiger partial charge in [-0.1, -0.05) is 26.7 Å². The SMILES string of the molecule is CC1(C)CCCCC1NCCCC(=O)O. The second kappa shape index (κ2) is 5.50. The predicted octanol–water partition coefficient (Wildman–Crippen LogP) is 2.41. The Morgan fingerprint density at radius 3 is 2.80 bits per heavy atom. The first-order valence-electron chi connectivity index (χ1n) is 5.97. The van der Waals surface area contributed by atoms with Gasteiger partial charge in [0, 0.05) is 12.5 Å². The van der Waals surface area contributed by atoms with Crippen LogP contribution in [0.25, 0.3) is 0 Å². The van der Waals surface area contributed by atoms with Gasteiger partial charge in [-0.2, -0.15) is 0 Å². The lowest BCUT2D eigenvalue weighted by molar-refractivity contribution is -0.137. The van der Waals surface area contributed by atoms with Gasteiger partial charge in [-0.3, -0.25) is 4.79 Å². The van der Waals surface area contributed by atoms with Gasteiger partial charge in [-0.05, 0) is 31.2 Å². The van der Waals surface area contributed by atoms with Gasteiger partial charge in [0.15, 0.2) is 0 Å². The van der Waals surface area contributed by atoms with E-state index in [2.05, 4.69) is 19.2 Å². The molecule has 1 fully saturated rings. The van der Waals surface area contributed by atoms with Crippen LogP contribution in [-0.4, -0.2) is 23.7 Å². The Balaban J connectivity index is 2.21. The summed E-state index contributed by atoms with van der Waals surface area (Å²) in [6, 6.07) is 0.569. The fraction of sp³-hybridized carbons (Fsp3) is 0.917. The van der Waals surface area contributed by atoms with Crippen molar-refractivity contribution in [3.05, 3.63) is 0 Å². The van der Waals surface area contributed by atoms with Crippen LogP contribution in [0, 0.1) is 5.41 Å². The lowest BCUT2D eigenvalue weighted by atomic mass is 9.73. The molecule has 1 saturated carbocycles. The lowest BCUT2D eigenvalue weighted by Crippen LogP contribution is -2.44. The number of carbonyl (C=O) groups is 1. The first-order valence-corrected chi connectivity index (χ1v) is 5.97. The maximum Gasteiger partial charge on any atom is 0.303 e. The van der Waals surface area contributed by atoms with Crippen LogP contribution in [0.2, 0.25) is 0 Å². The van der Waals surface area contributed by atoms with E-state index >= 15 is 0 Å². The number of carboxylic acid groups (broad SMARTS) is 1. The van der Waals surface area contributed by atoms with Gasteiger partial charge < -0.3 is 10.4 Å². The Kier molecular flexibility index (Phi) is 4.58. The van der Waals surface area contributed by atoms with Gasteiger partial charge >= 0.3 is 5.97 Å². The number of hydrogen-bond donors (Lipinski definition) is 2. The van der Waals surface area contributed by atoms with Crippen molar-refractivity contribution in [2.75, 3.05) is 6.54 Å². The molecule has 1 unspecified atom stereocenters. The molecule has 3 nitrogen and oxygen atoms in total. The molecule has 3 heteroatoms. The van der Waals surface area contributed by atoms with Crippen molar-refractivity contribution in [2.24, 2.45) is 5.41 Å². The van der Waals surface area contributed by atoms with Crippen molar-refractivity contribution in [2.45, 2.75) is 58.4 Å². The van der Waals surface area contributed by atoms with Gasteiger partial charge in [0.2, 0.25) is 0 Å². The van der Waals surface area contributed by atoms with Gasteiger partial charge in [-0.15, -0.1) is 0 Å². The largest absolute Gasteiger partial charge is 0.481 e. The van der Waals surface area contributed by atoms with E-state index in [0.29, 0.717) is 11.5 Å². The highest BCUT2D eigenvalue weighted by atomic mass is 16.4. The first kappa shape index (κ1) is 12.5. The number of hydrogen-bond acceptors (Lipinski definition) is 2. The molecule has 2 N–H and O–H groups in total. The third kappa shape index (κ3) is 4.20. The summed E-state index contributed by atoms with van der Waals surface area (Å²) >= 11 is 0. The fourth-order valence-corrected chi connectivity index (χ4v) is 2.39. The summed E-state index contributed by atoms with van der Waals surface area (Å²) in [5.74, 6) is -0.695. The normalized spacial score (nSPS) is 25.1. The summed E-state index contributed by atoms with van der Waals surface area (Å²) in [4.78, 5) is 10.3. The van der Waals surface area contributed by atoms with Crippen LogP contribution < -0.4 is 5.32 Å². The van der Waals surface area contributed by atoms with Crippen LogP contribution in [0.3, 0.4) is 0 Å². The Bertz CT molecular complexity index is 214. The maximum atomic E-state index is 10.3. The fourth-order valence-electron chi connectivity index (χ4n) is 2.39. The van der Waals surface area contributed by atoms with Crippen LogP contribution in [0.1, 0.15) is 52.4 Å². The smallest absolute Gasteiger partial charge is 0.303 e. The molecule has 0 radical (unpaired) electrons. The predicted molar refractivity (Wildman–Crippen MR) is 60.9 cm³/mol. The highest BCUT2D eigenvalue weighted by molar-refractivity contribution is 5.66. The molecule has 1 aliphatic rings. The summed E-state index contributed by atoms with van der Waals surface area (Å²) < 4.78 is 0. The van der Waals surface area contributed by atoms with Crippen molar-refractivity contribution in [1.29, 1.82) is 0 Å². The standard InChI is InChI=1S/C12H23NO2/c1-12(2)8-4-3-6-10(12)13-9-5-7-11(14)15/h10,13H,3-9H2,1-2H3,(H,14,15). The summed E-state index contributed by atoms with van der Waals surface area (Å²) in [6.07, 6.45) is 6.17. The van der Waals surface area contributed by atoms with Crippen LogP contribution >= 0.6 is 0 Å². The zero-order valence-corrected chi connectivity index (χ0v) is 9.88. The maximum absolute atomic E-state index is 10.3. The minimum absolute atomic E-state index is 0.278. The zero-order chi connectivity index (χ0) is 11.3. The molecule has 0 aromatic heterocycles. The van der Waals surface area contributed by atoms with E-state index in [1.54, 1.807) is 0 Å². The highest BCUT2D eigenvalue weighted by Crippen LogP contribution is 2.35. The molecule has 15 heavy (non-hydrogen) atoms. The quantitative estimate of drug-likeness (QED) is 0.689. The average molecular weight is 213 g/mol. The highest BCUT2D eigenvalue weighted by Gasteiger charge is 2.31. The number of nitrogens with one attached hydrogen (secondary N) is 1. The molecule has 0 bridgehead atoms. The van der Waals surface area contributed by atoms with Gasteiger partial charge in [0.25, 0.3) is 0 Å². The summed E-state index contributed by atoms with van der Waals surface area (Å²) in [6.45, 7) is 5.45. The molecule has 0 aromatic carbocycles. The third-order valence-corrected chi connectivity index (χ3v) is 3.47. The number of aliphatic carboxylic acids is 1. The minimum atomic E-state index is -0.695. The summed E-state index contributed by atoms with van der Waals surface area (Å²) in [5.41, 5.74) is 0.376. The topological polar surface area (TPSA) is 49.3 Å². The molecule has 88 valence electrons. The van der Waals surface area contributed by atoms with E-state index in [1.807, 2.05) is 0 Å². The second-order valence-electron chi connectivity index (χ2n) is 5.24. The molecule has 0 spiro atoms. The molecule has 0 saturated heterocycles. The first-order chi connectivity index (χ1) is 7.02. The number of rotatable bonds is 5. The van der Waals surface area contributed by atoms with Gasteiger partial charge in [0.1, 0.15) is 0 Å². The van der Waals surface area contributed by atoms with E-state index in [0.717, 1.165) is 13.0 Å². The van der Waals surface area contributed by atoms with E-state index in [9.17, 15) is 4.79 Å². The van der Waals surface area contributed by atoms with Crippen LogP contribution in [0.4, 0.5) is 0 Å². The van der Waals surface area contributed by atoms with E-state index in [1.165, 1.54) is 25.7 Å². The Morgan fingerprint density at radius 2 is 2.20 bits per heavy atom. The molecule has 1 atom stereocenters. The molecule has 0 aromatic rings. The van der Waals surface area contributed by atoms with Gasteiger partial charge in [0.05, 0.1) is 0 Å². The molecule has 1 aliphatic carbocycles. The molecule has 0 heterocycles. The summed E-state index contributed by atoms with van der Waals surface area (Å²) in [5, 5.41) is 12.0. The van der Waals surface area contributed by atoms with Crippen molar-refractivity contribution < 1.29 is 9.90 Å². The number of carboxylic acids is 1. The van der Waals surface area contributed by atoms with Crippen molar-refractivity contribution >= 4 is 5.97 Å². The Morgan fingerprint density at radius 1 is 1.47 bits per heavy atom. The second-order valence-corrected chi connectivity index (χ2v) is 5.24. The van der Waals surface area contributed by atoms with E-state index in [-0.39, 0.29) is 6.42 Å². The average Bonchev–Trinajstić information content (AvgIpc) is 2.13. The lowest BCUT2D eigenvalue weighted by Gasteiger charge is -2.39. The third-order valence-electron chi connectivity index (χ3n) is 3.47. The van der Waals surface area contributed by atoms with Crippen molar-refractivity contribution in [3.63, 3.8) is 0 Å². The minimum Gasteiger partial charge on any atom is -0.481 e. The summed E-state index contributed by atoms with van der Waals surface area (Å²) in [7, 11) is 0. The van der Waals surface area contributed by atoms with E-state index < -0.39 is 5.97 Å². The zero-order valence-electron chi connectivity index (χ0n) is 9.88. The molecule has 1 rings (SSSR count). The van der Waals surface area contributed by atoms with Crippen molar-refractivity contribution in [3.8, 4) is 0 Å². The van der Waals surface area contributed by atoms with Crippen LogP contribution in [0.15, 0.2) is 0 Å². The van der Waals surface area contributed by atoms with Gasteiger partial charge in [-0.25, -0.2) is 0 Å². The molecular weight excluding hydrogens is 190 g/mol. The van der Waals surface area contributed by atoms with Crippen molar-refractivity contribution in [1.82, 2.24) is 5.32 Å². The Labute approximate surface area is 92.3 Å².